The van der Waals surface area contributed by atoms with Gasteiger partial charge in [0.15, 0.2) is 5.65 Å². The van der Waals surface area contributed by atoms with E-state index in [1.54, 1.807) is 18.3 Å². The Kier molecular flexibility index (Phi) is 4.30. The molecule has 0 saturated carbocycles. The molecule has 1 fully saturated rings. The van der Waals surface area contributed by atoms with Crippen molar-refractivity contribution in [1.82, 2.24) is 19.5 Å². The number of carbonyl (C=O) groups is 1. The number of nitrogens with zero attached hydrogens (tertiary/aromatic N) is 3. The molecule has 3 aromatic rings. The van der Waals surface area contributed by atoms with Crippen molar-refractivity contribution in [2.75, 3.05) is 13.1 Å². The zero-order valence-corrected chi connectivity index (χ0v) is 15.3. The number of aromatic nitrogens is 3. The van der Waals surface area contributed by atoms with Gasteiger partial charge in [0.1, 0.15) is 5.82 Å². The van der Waals surface area contributed by atoms with Gasteiger partial charge < -0.3 is 4.90 Å². The molecule has 1 N–H and O–H groups in total. The molecule has 2 aromatic heterocycles. The standard InChI is InChI=1S/C20H21FN4O2/c1-12(2)10-24-11-14(7-18(24)26)17-8-19(27)25-20(23-17)16(9-22-25)13-3-5-15(21)6-4-13/h3-6,8-9,12,14,22H,7,10-11H2,1-2H3. The predicted molar refractivity (Wildman–Crippen MR) is 100.0 cm³/mol. The van der Waals surface area contributed by atoms with Crippen molar-refractivity contribution >= 4 is 11.6 Å². The van der Waals surface area contributed by atoms with Crippen LogP contribution in [0, 0.1) is 11.7 Å². The fourth-order valence-electron chi connectivity index (χ4n) is 3.64. The highest BCUT2D eigenvalue weighted by Gasteiger charge is 2.32. The molecule has 0 bridgehead atoms. The quantitative estimate of drug-likeness (QED) is 0.770. The Bertz CT molecular complexity index is 1050. The first-order chi connectivity index (χ1) is 12.9. The van der Waals surface area contributed by atoms with Crippen LogP contribution in [-0.2, 0) is 4.79 Å². The van der Waals surface area contributed by atoms with Crippen LogP contribution in [0.4, 0.5) is 4.39 Å². The van der Waals surface area contributed by atoms with Crippen LogP contribution in [0.1, 0.15) is 31.9 Å². The lowest BCUT2D eigenvalue weighted by Crippen LogP contribution is -2.29. The van der Waals surface area contributed by atoms with Gasteiger partial charge in [-0.2, -0.15) is 0 Å². The van der Waals surface area contributed by atoms with Crippen molar-refractivity contribution in [2.24, 2.45) is 5.92 Å². The Balaban J connectivity index is 1.73. The molecular formula is C20H21FN4O2. The molecule has 1 amide bonds. The first kappa shape index (κ1) is 17.5. The zero-order chi connectivity index (χ0) is 19.1. The van der Waals surface area contributed by atoms with Crippen LogP contribution < -0.4 is 5.56 Å². The highest BCUT2D eigenvalue weighted by Crippen LogP contribution is 2.29. The van der Waals surface area contributed by atoms with E-state index in [1.807, 2.05) is 4.90 Å². The summed E-state index contributed by atoms with van der Waals surface area (Å²) in [6, 6.07) is 7.55. The summed E-state index contributed by atoms with van der Waals surface area (Å²) in [5, 5.41) is 2.90. The molecule has 1 aromatic carbocycles. The minimum absolute atomic E-state index is 0.0927. The number of hydrogen-bond acceptors (Lipinski definition) is 3. The summed E-state index contributed by atoms with van der Waals surface area (Å²) in [4.78, 5) is 31.3. The van der Waals surface area contributed by atoms with Crippen LogP contribution in [-0.4, -0.2) is 38.5 Å². The Labute approximate surface area is 155 Å². The van der Waals surface area contributed by atoms with E-state index in [1.165, 1.54) is 22.7 Å². The van der Waals surface area contributed by atoms with Crippen molar-refractivity contribution < 1.29 is 9.18 Å². The van der Waals surface area contributed by atoms with E-state index in [2.05, 4.69) is 23.9 Å². The molecule has 1 atom stereocenters. The smallest absolute Gasteiger partial charge is 0.272 e. The number of hydrogen-bond donors (Lipinski definition) is 1. The summed E-state index contributed by atoms with van der Waals surface area (Å²) >= 11 is 0. The van der Waals surface area contributed by atoms with E-state index < -0.39 is 0 Å². The number of benzene rings is 1. The fourth-order valence-corrected chi connectivity index (χ4v) is 3.64. The van der Waals surface area contributed by atoms with E-state index >= 15 is 0 Å². The van der Waals surface area contributed by atoms with Crippen molar-refractivity contribution in [3.63, 3.8) is 0 Å². The number of carbonyl (C=O) groups excluding carboxylic acids is 1. The van der Waals surface area contributed by atoms with Gasteiger partial charge in [0.05, 0.1) is 5.69 Å². The van der Waals surface area contributed by atoms with Gasteiger partial charge in [-0.15, -0.1) is 0 Å². The maximum absolute atomic E-state index is 13.2. The average molecular weight is 368 g/mol. The number of rotatable bonds is 4. The Morgan fingerprint density at radius 1 is 1.26 bits per heavy atom. The number of halogens is 1. The summed E-state index contributed by atoms with van der Waals surface area (Å²) in [6.45, 7) is 5.44. The molecule has 0 spiro atoms. The summed E-state index contributed by atoms with van der Waals surface area (Å²) in [5.41, 5.74) is 2.37. The number of nitrogens with one attached hydrogen (secondary N) is 1. The van der Waals surface area contributed by atoms with E-state index in [-0.39, 0.29) is 23.2 Å². The second-order valence-electron chi connectivity index (χ2n) is 7.47. The number of aromatic amines is 1. The van der Waals surface area contributed by atoms with Gasteiger partial charge in [-0.25, -0.2) is 13.9 Å². The monoisotopic (exact) mass is 368 g/mol. The molecule has 1 unspecified atom stereocenters. The van der Waals surface area contributed by atoms with E-state index in [0.29, 0.717) is 36.8 Å². The maximum atomic E-state index is 13.2. The van der Waals surface area contributed by atoms with Crippen LogP contribution in [0.25, 0.3) is 16.8 Å². The SMILES string of the molecule is CC(C)CN1CC(c2cc(=O)n3[nH]cc(-c4ccc(F)cc4)c3n2)CC1=O. The van der Waals surface area contributed by atoms with Crippen molar-refractivity contribution in [2.45, 2.75) is 26.2 Å². The maximum Gasteiger partial charge on any atom is 0.272 e. The topological polar surface area (TPSA) is 70.5 Å². The van der Waals surface area contributed by atoms with Gasteiger partial charge in [0.25, 0.3) is 5.56 Å². The number of H-pyrrole nitrogens is 1. The average Bonchev–Trinajstić information content (AvgIpc) is 3.20. The Morgan fingerprint density at radius 3 is 2.70 bits per heavy atom. The zero-order valence-electron chi connectivity index (χ0n) is 15.3. The molecule has 140 valence electrons. The van der Waals surface area contributed by atoms with Crippen LogP contribution >= 0.6 is 0 Å². The van der Waals surface area contributed by atoms with Crippen LogP contribution in [0.5, 0.6) is 0 Å². The molecule has 6 nitrogen and oxygen atoms in total. The van der Waals surface area contributed by atoms with Gasteiger partial charge in [-0.3, -0.25) is 14.7 Å². The third kappa shape index (κ3) is 3.25. The third-order valence-corrected chi connectivity index (χ3v) is 4.89. The second-order valence-corrected chi connectivity index (χ2v) is 7.47. The molecule has 7 heteroatoms. The van der Waals surface area contributed by atoms with Crippen molar-refractivity contribution in [1.29, 1.82) is 0 Å². The van der Waals surface area contributed by atoms with Crippen molar-refractivity contribution in [3.8, 4) is 11.1 Å². The molecule has 1 aliphatic rings. The van der Waals surface area contributed by atoms with Crippen LogP contribution in [0.3, 0.4) is 0 Å². The first-order valence-corrected chi connectivity index (χ1v) is 9.07. The van der Waals surface area contributed by atoms with Gasteiger partial charge >= 0.3 is 0 Å². The normalized spacial score (nSPS) is 17.4. The minimum atomic E-state index is -0.320. The van der Waals surface area contributed by atoms with E-state index in [4.69, 9.17) is 0 Å². The Morgan fingerprint density at radius 2 is 2.00 bits per heavy atom. The van der Waals surface area contributed by atoms with E-state index in [9.17, 15) is 14.0 Å². The van der Waals surface area contributed by atoms with Crippen LogP contribution in [0.2, 0.25) is 0 Å². The summed E-state index contributed by atoms with van der Waals surface area (Å²) in [7, 11) is 0. The lowest BCUT2D eigenvalue weighted by Gasteiger charge is -2.18. The first-order valence-electron chi connectivity index (χ1n) is 9.07. The number of fused-ring (bicyclic) bond motifs is 1. The summed E-state index contributed by atoms with van der Waals surface area (Å²) in [5.74, 6) is 0.0797. The van der Waals surface area contributed by atoms with Gasteiger partial charge in [-0.1, -0.05) is 26.0 Å². The molecule has 0 aliphatic carbocycles. The lowest BCUT2D eigenvalue weighted by atomic mass is 10.0. The third-order valence-electron chi connectivity index (χ3n) is 4.89. The molecule has 0 radical (unpaired) electrons. The number of amides is 1. The van der Waals surface area contributed by atoms with Gasteiger partial charge in [0.2, 0.25) is 5.91 Å². The van der Waals surface area contributed by atoms with E-state index in [0.717, 1.165) is 11.1 Å². The minimum Gasteiger partial charge on any atom is -0.342 e. The molecule has 1 saturated heterocycles. The van der Waals surface area contributed by atoms with Crippen molar-refractivity contribution in [3.05, 3.63) is 58.4 Å². The molecule has 3 heterocycles. The molecule has 4 rings (SSSR count). The molecule has 1 aliphatic heterocycles. The van der Waals surface area contributed by atoms with Gasteiger partial charge in [0, 0.05) is 43.3 Å². The lowest BCUT2D eigenvalue weighted by molar-refractivity contribution is -0.128. The second kappa shape index (κ2) is 6.64. The molecular weight excluding hydrogens is 347 g/mol. The number of likely N-dealkylation sites (tertiary alicyclic amines) is 1. The highest BCUT2D eigenvalue weighted by molar-refractivity contribution is 5.80. The summed E-state index contributed by atoms with van der Waals surface area (Å²) in [6.07, 6.45) is 2.05. The van der Waals surface area contributed by atoms with Gasteiger partial charge in [-0.05, 0) is 23.6 Å². The largest absolute Gasteiger partial charge is 0.342 e. The Hall–Kier alpha value is -2.96. The fraction of sp³-hybridized carbons (Fsp3) is 0.350. The highest BCUT2D eigenvalue weighted by atomic mass is 19.1. The van der Waals surface area contributed by atoms with Crippen LogP contribution in [0.15, 0.2) is 41.3 Å². The predicted octanol–water partition coefficient (Wildman–Crippen LogP) is 2.80. The summed E-state index contributed by atoms with van der Waals surface area (Å²) < 4.78 is 14.6. The molecule has 27 heavy (non-hydrogen) atoms.